The van der Waals surface area contributed by atoms with E-state index in [1.807, 2.05) is 5.38 Å². The zero-order chi connectivity index (χ0) is 14.5. The molecule has 2 unspecified atom stereocenters. The summed E-state index contributed by atoms with van der Waals surface area (Å²) in [5.74, 6) is -0.481. The van der Waals surface area contributed by atoms with Crippen molar-refractivity contribution in [2.24, 2.45) is 0 Å². The van der Waals surface area contributed by atoms with E-state index in [2.05, 4.69) is 16.0 Å². The van der Waals surface area contributed by atoms with Crippen LogP contribution >= 0.6 is 11.3 Å². The average Bonchev–Trinajstić information content (AvgIpc) is 2.95. The number of rotatable bonds is 4. The molecule has 2 atom stereocenters. The molecule has 1 aliphatic heterocycles. The second-order valence-corrected chi connectivity index (χ2v) is 5.67. The lowest BCUT2D eigenvalue weighted by Crippen LogP contribution is -2.53. The Morgan fingerprint density at radius 2 is 2.30 bits per heavy atom. The third-order valence-electron chi connectivity index (χ3n) is 3.10. The van der Waals surface area contributed by atoms with E-state index in [1.165, 1.54) is 11.3 Å². The third kappa shape index (κ3) is 3.80. The van der Waals surface area contributed by atoms with Crippen molar-refractivity contribution in [3.63, 3.8) is 0 Å². The highest BCUT2D eigenvalue weighted by molar-refractivity contribution is 7.12. The maximum Gasteiger partial charge on any atom is 0.261 e. The minimum atomic E-state index is -0.609. The van der Waals surface area contributed by atoms with Crippen LogP contribution in [0.15, 0.2) is 17.5 Å². The Bertz CT molecular complexity index is 491. The Balaban J connectivity index is 1.80. The smallest absolute Gasteiger partial charge is 0.261 e. The Hall–Kier alpha value is -1.89. The zero-order valence-corrected chi connectivity index (χ0v) is 12.0. The second kappa shape index (κ2) is 6.51. The zero-order valence-electron chi connectivity index (χ0n) is 11.1. The van der Waals surface area contributed by atoms with E-state index in [0.717, 1.165) is 0 Å². The van der Waals surface area contributed by atoms with Crippen molar-refractivity contribution in [3.8, 4) is 0 Å². The van der Waals surface area contributed by atoms with Gasteiger partial charge in [-0.3, -0.25) is 14.4 Å². The standard InChI is InChI=1S/C13H17N3O3S/c1-8(15-13(19)10-3-2-6-20-10)12(18)16-9-4-5-11(17)14-7-9/h2-3,6,8-9H,4-5,7H2,1H3,(H,14,17)(H,15,19)(H,16,18). The predicted molar refractivity (Wildman–Crippen MR) is 75.4 cm³/mol. The van der Waals surface area contributed by atoms with Gasteiger partial charge in [-0.2, -0.15) is 0 Å². The molecule has 3 amide bonds. The number of amides is 3. The largest absolute Gasteiger partial charge is 0.354 e. The molecule has 1 aromatic heterocycles. The highest BCUT2D eigenvalue weighted by Gasteiger charge is 2.23. The van der Waals surface area contributed by atoms with Gasteiger partial charge in [-0.25, -0.2) is 0 Å². The molecule has 1 fully saturated rings. The van der Waals surface area contributed by atoms with Gasteiger partial charge < -0.3 is 16.0 Å². The molecule has 2 rings (SSSR count). The van der Waals surface area contributed by atoms with E-state index >= 15 is 0 Å². The molecule has 108 valence electrons. The molecule has 1 aliphatic rings. The molecular formula is C13H17N3O3S. The lowest BCUT2D eigenvalue weighted by atomic mass is 10.1. The molecule has 1 saturated heterocycles. The highest BCUT2D eigenvalue weighted by Crippen LogP contribution is 2.08. The molecule has 20 heavy (non-hydrogen) atoms. The number of hydrogen-bond acceptors (Lipinski definition) is 4. The molecule has 2 heterocycles. The maximum atomic E-state index is 12.0. The number of carbonyl (C=O) groups is 3. The summed E-state index contributed by atoms with van der Waals surface area (Å²) in [6.07, 6.45) is 1.05. The monoisotopic (exact) mass is 295 g/mol. The van der Waals surface area contributed by atoms with Crippen molar-refractivity contribution in [2.75, 3.05) is 6.54 Å². The number of hydrogen-bond donors (Lipinski definition) is 3. The molecule has 0 spiro atoms. The lowest BCUT2D eigenvalue weighted by Gasteiger charge is -2.25. The van der Waals surface area contributed by atoms with Crippen LogP contribution in [-0.2, 0) is 9.59 Å². The number of thiophene rings is 1. The van der Waals surface area contributed by atoms with E-state index in [1.54, 1.807) is 19.1 Å². The van der Waals surface area contributed by atoms with Crippen LogP contribution in [-0.4, -0.2) is 36.3 Å². The Labute approximate surface area is 120 Å². The topological polar surface area (TPSA) is 87.3 Å². The first-order chi connectivity index (χ1) is 9.56. The van der Waals surface area contributed by atoms with E-state index in [-0.39, 0.29) is 23.8 Å². The van der Waals surface area contributed by atoms with E-state index < -0.39 is 6.04 Å². The lowest BCUT2D eigenvalue weighted by molar-refractivity contribution is -0.126. The number of carbonyl (C=O) groups excluding carboxylic acids is 3. The fourth-order valence-corrected chi connectivity index (χ4v) is 2.55. The van der Waals surface area contributed by atoms with E-state index in [0.29, 0.717) is 24.3 Å². The number of piperidine rings is 1. The summed E-state index contributed by atoms with van der Waals surface area (Å²) in [7, 11) is 0. The van der Waals surface area contributed by atoms with Gasteiger partial charge in [0.1, 0.15) is 6.04 Å². The van der Waals surface area contributed by atoms with Crippen molar-refractivity contribution in [2.45, 2.75) is 31.8 Å². The van der Waals surface area contributed by atoms with Gasteiger partial charge in [-0.1, -0.05) is 6.07 Å². The van der Waals surface area contributed by atoms with Gasteiger partial charge in [0.05, 0.1) is 4.88 Å². The summed E-state index contributed by atoms with van der Waals surface area (Å²) in [5.41, 5.74) is 0. The molecule has 6 nitrogen and oxygen atoms in total. The van der Waals surface area contributed by atoms with Crippen LogP contribution in [0.2, 0.25) is 0 Å². The summed E-state index contributed by atoms with van der Waals surface area (Å²) in [6, 6.07) is 2.82. The first-order valence-electron chi connectivity index (χ1n) is 6.47. The van der Waals surface area contributed by atoms with Crippen molar-refractivity contribution in [3.05, 3.63) is 22.4 Å². The summed E-state index contributed by atoms with van der Waals surface area (Å²) < 4.78 is 0. The highest BCUT2D eigenvalue weighted by atomic mass is 32.1. The molecule has 7 heteroatoms. The molecule has 0 radical (unpaired) electrons. The summed E-state index contributed by atoms with van der Waals surface area (Å²) in [6.45, 7) is 2.08. The SMILES string of the molecule is CC(NC(=O)c1cccs1)C(=O)NC1CCC(=O)NC1. The molecular weight excluding hydrogens is 278 g/mol. The molecule has 0 aromatic carbocycles. The summed E-state index contributed by atoms with van der Waals surface area (Å²) in [4.78, 5) is 35.4. The van der Waals surface area contributed by atoms with Crippen molar-refractivity contribution < 1.29 is 14.4 Å². The van der Waals surface area contributed by atoms with Crippen LogP contribution in [0.25, 0.3) is 0 Å². The predicted octanol–water partition coefficient (Wildman–Crippen LogP) is 0.261. The van der Waals surface area contributed by atoms with E-state index in [9.17, 15) is 14.4 Å². The fourth-order valence-electron chi connectivity index (χ4n) is 1.92. The maximum absolute atomic E-state index is 12.0. The fraction of sp³-hybridized carbons (Fsp3) is 0.462. The van der Waals surface area contributed by atoms with Crippen LogP contribution in [0.5, 0.6) is 0 Å². The minimum Gasteiger partial charge on any atom is -0.354 e. The number of nitrogens with one attached hydrogen (secondary N) is 3. The van der Waals surface area contributed by atoms with Gasteiger partial charge >= 0.3 is 0 Å². The van der Waals surface area contributed by atoms with Crippen molar-refractivity contribution >= 4 is 29.1 Å². The van der Waals surface area contributed by atoms with Gasteiger partial charge in [0.15, 0.2) is 0 Å². The summed E-state index contributed by atoms with van der Waals surface area (Å²) >= 11 is 1.33. The normalized spacial score (nSPS) is 19.9. The van der Waals surface area contributed by atoms with E-state index in [4.69, 9.17) is 0 Å². The van der Waals surface area contributed by atoms with Crippen molar-refractivity contribution in [1.82, 2.24) is 16.0 Å². The van der Waals surface area contributed by atoms with Crippen LogP contribution < -0.4 is 16.0 Å². The third-order valence-corrected chi connectivity index (χ3v) is 3.97. The molecule has 0 bridgehead atoms. The van der Waals surface area contributed by atoms with Crippen LogP contribution in [0.4, 0.5) is 0 Å². The van der Waals surface area contributed by atoms with Gasteiger partial charge in [-0.15, -0.1) is 11.3 Å². The quantitative estimate of drug-likeness (QED) is 0.744. The molecule has 0 aliphatic carbocycles. The Kier molecular flexibility index (Phi) is 4.73. The van der Waals surface area contributed by atoms with Gasteiger partial charge in [0.25, 0.3) is 5.91 Å². The second-order valence-electron chi connectivity index (χ2n) is 4.72. The van der Waals surface area contributed by atoms with Crippen LogP contribution in [0.1, 0.15) is 29.4 Å². The summed E-state index contributed by atoms with van der Waals surface area (Å²) in [5, 5.41) is 9.99. The Morgan fingerprint density at radius 3 is 2.90 bits per heavy atom. The van der Waals surface area contributed by atoms with Gasteiger partial charge in [0.2, 0.25) is 11.8 Å². The molecule has 3 N–H and O–H groups in total. The Morgan fingerprint density at radius 1 is 1.50 bits per heavy atom. The average molecular weight is 295 g/mol. The van der Waals surface area contributed by atoms with Crippen molar-refractivity contribution in [1.29, 1.82) is 0 Å². The molecule has 1 aromatic rings. The van der Waals surface area contributed by atoms with Gasteiger partial charge in [0, 0.05) is 19.0 Å². The van der Waals surface area contributed by atoms with Crippen LogP contribution in [0.3, 0.4) is 0 Å². The first kappa shape index (κ1) is 14.5. The first-order valence-corrected chi connectivity index (χ1v) is 7.35. The minimum absolute atomic E-state index is 0.00884. The molecule has 0 saturated carbocycles. The van der Waals surface area contributed by atoms with Gasteiger partial charge in [-0.05, 0) is 24.8 Å². The van der Waals surface area contributed by atoms with Crippen LogP contribution in [0, 0.1) is 0 Å².